The van der Waals surface area contributed by atoms with Gasteiger partial charge in [0, 0.05) is 19.3 Å². The van der Waals surface area contributed by atoms with Crippen molar-refractivity contribution < 1.29 is 13.5 Å². The van der Waals surface area contributed by atoms with Crippen LogP contribution in [0.1, 0.15) is 13.3 Å². The van der Waals surface area contributed by atoms with Crippen LogP contribution < -0.4 is 0 Å². The molecule has 1 aliphatic heterocycles. The summed E-state index contributed by atoms with van der Waals surface area (Å²) in [6, 6.07) is 1.26. The lowest BCUT2D eigenvalue weighted by Crippen LogP contribution is -2.34. The van der Waals surface area contributed by atoms with Crippen LogP contribution in [0.2, 0.25) is 10.2 Å². The van der Waals surface area contributed by atoms with Gasteiger partial charge in [0.15, 0.2) is 0 Å². The molecule has 1 aromatic heterocycles. The molecular weight excluding hydrogens is 299 g/mol. The number of hydrogen-bond acceptors (Lipinski definition) is 4. The lowest BCUT2D eigenvalue weighted by molar-refractivity contribution is 0.0762. The van der Waals surface area contributed by atoms with Gasteiger partial charge < -0.3 is 5.11 Å². The summed E-state index contributed by atoms with van der Waals surface area (Å²) in [6.45, 7) is 1.95. The van der Waals surface area contributed by atoms with Gasteiger partial charge in [-0.3, -0.25) is 0 Å². The Balaban J connectivity index is 2.34. The van der Waals surface area contributed by atoms with Gasteiger partial charge in [0.05, 0.1) is 10.6 Å². The number of nitrogens with zero attached hydrogens (tertiary/aromatic N) is 2. The third kappa shape index (κ3) is 2.62. The molecule has 0 aromatic carbocycles. The van der Waals surface area contributed by atoms with E-state index in [2.05, 4.69) is 4.98 Å². The first-order valence-electron chi connectivity index (χ1n) is 5.26. The number of aliphatic hydroxyl groups is 1. The molecule has 100 valence electrons. The predicted molar refractivity (Wildman–Crippen MR) is 68.3 cm³/mol. The molecule has 0 saturated carbocycles. The lowest BCUT2D eigenvalue weighted by Gasteiger charge is -2.18. The Bertz CT molecular complexity index is 574. The van der Waals surface area contributed by atoms with E-state index in [0.717, 1.165) is 6.20 Å². The minimum atomic E-state index is -3.68. The minimum absolute atomic E-state index is 0.0189. The normalized spacial score (nSPS) is 25.6. The molecule has 2 heterocycles. The summed E-state index contributed by atoms with van der Waals surface area (Å²) >= 11 is 11.4. The van der Waals surface area contributed by atoms with E-state index in [1.807, 2.05) is 0 Å². The first-order valence-corrected chi connectivity index (χ1v) is 7.45. The van der Waals surface area contributed by atoms with Crippen molar-refractivity contribution in [2.45, 2.75) is 23.8 Å². The lowest BCUT2D eigenvalue weighted by atomic mass is 10.1. The maximum absolute atomic E-state index is 12.3. The van der Waals surface area contributed by atoms with Crippen molar-refractivity contribution >= 4 is 33.2 Å². The standard InChI is InChI=1S/C10H12Cl2N2O3S/c1-10(15)2-3-14(6-10)18(16,17)7-4-8(11)9(12)13-5-7/h4-5,15H,2-3,6H2,1H3. The topological polar surface area (TPSA) is 70.5 Å². The van der Waals surface area contributed by atoms with Crippen LogP contribution >= 0.6 is 23.2 Å². The van der Waals surface area contributed by atoms with Crippen LogP contribution in [0.4, 0.5) is 0 Å². The van der Waals surface area contributed by atoms with Crippen LogP contribution in [0.3, 0.4) is 0 Å². The Kier molecular flexibility index (Phi) is 3.59. The Morgan fingerprint density at radius 1 is 1.50 bits per heavy atom. The highest BCUT2D eigenvalue weighted by Gasteiger charge is 2.38. The zero-order valence-electron chi connectivity index (χ0n) is 9.60. The largest absolute Gasteiger partial charge is 0.389 e. The highest BCUT2D eigenvalue weighted by atomic mass is 35.5. The zero-order chi connectivity index (χ0) is 13.6. The fraction of sp³-hybridized carbons (Fsp3) is 0.500. The molecule has 1 aliphatic rings. The van der Waals surface area contributed by atoms with Crippen molar-refractivity contribution in [3.63, 3.8) is 0 Å². The van der Waals surface area contributed by atoms with Crippen LogP contribution in [0.25, 0.3) is 0 Å². The second-order valence-electron chi connectivity index (χ2n) is 4.53. The van der Waals surface area contributed by atoms with Crippen LogP contribution in [-0.2, 0) is 10.0 Å². The highest BCUT2D eigenvalue weighted by molar-refractivity contribution is 7.89. The average molecular weight is 311 g/mol. The van der Waals surface area contributed by atoms with Gasteiger partial charge in [-0.1, -0.05) is 23.2 Å². The molecule has 18 heavy (non-hydrogen) atoms. The van der Waals surface area contributed by atoms with E-state index in [0.29, 0.717) is 6.42 Å². The number of pyridine rings is 1. The van der Waals surface area contributed by atoms with Gasteiger partial charge in [-0.15, -0.1) is 0 Å². The monoisotopic (exact) mass is 310 g/mol. The van der Waals surface area contributed by atoms with E-state index in [9.17, 15) is 13.5 Å². The number of β-amino-alcohol motifs (C(OH)–C–C–N with tert-alkyl or cyclic N) is 1. The molecule has 0 aliphatic carbocycles. The number of rotatable bonds is 2. The molecule has 1 atom stereocenters. The van der Waals surface area contributed by atoms with E-state index in [1.54, 1.807) is 6.92 Å². The second-order valence-corrected chi connectivity index (χ2v) is 7.23. The summed E-state index contributed by atoms with van der Waals surface area (Å²) < 4.78 is 25.7. The maximum Gasteiger partial charge on any atom is 0.244 e. The maximum atomic E-state index is 12.3. The van der Waals surface area contributed by atoms with E-state index in [1.165, 1.54) is 10.4 Å². The Morgan fingerprint density at radius 3 is 2.67 bits per heavy atom. The van der Waals surface area contributed by atoms with Gasteiger partial charge in [0.2, 0.25) is 10.0 Å². The molecule has 0 radical (unpaired) electrons. The smallest absolute Gasteiger partial charge is 0.244 e. The first-order chi connectivity index (χ1) is 8.22. The molecule has 1 saturated heterocycles. The van der Waals surface area contributed by atoms with Crippen molar-refractivity contribution in [3.05, 3.63) is 22.4 Å². The molecule has 0 amide bonds. The van der Waals surface area contributed by atoms with Crippen LogP contribution in [0, 0.1) is 0 Å². The summed E-state index contributed by atoms with van der Waals surface area (Å²) in [4.78, 5) is 3.70. The van der Waals surface area contributed by atoms with Gasteiger partial charge >= 0.3 is 0 Å². The fourth-order valence-electron chi connectivity index (χ4n) is 1.80. The second kappa shape index (κ2) is 4.61. The third-order valence-corrected chi connectivity index (χ3v) is 5.32. The quantitative estimate of drug-likeness (QED) is 0.841. The van der Waals surface area contributed by atoms with Crippen molar-refractivity contribution in [1.82, 2.24) is 9.29 Å². The molecule has 1 aromatic rings. The van der Waals surface area contributed by atoms with Crippen LogP contribution in [-0.4, -0.2) is 41.5 Å². The van der Waals surface area contributed by atoms with Crippen molar-refractivity contribution in [1.29, 1.82) is 0 Å². The average Bonchev–Trinajstić information content (AvgIpc) is 2.63. The molecule has 1 N–H and O–H groups in total. The molecule has 1 fully saturated rings. The predicted octanol–water partition coefficient (Wildman–Crippen LogP) is 1.53. The van der Waals surface area contributed by atoms with Crippen LogP contribution in [0.15, 0.2) is 17.2 Å². The molecule has 2 rings (SSSR count). The van der Waals surface area contributed by atoms with Gasteiger partial charge in [-0.05, 0) is 19.4 Å². The molecule has 0 spiro atoms. The fourth-order valence-corrected chi connectivity index (χ4v) is 3.67. The zero-order valence-corrected chi connectivity index (χ0v) is 11.9. The van der Waals surface area contributed by atoms with Gasteiger partial charge in [0.25, 0.3) is 0 Å². The summed E-state index contributed by atoms with van der Waals surface area (Å²) in [6.07, 6.45) is 1.57. The number of halogens is 2. The van der Waals surface area contributed by atoms with Crippen LogP contribution in [0.5, 0.6) is 0 Å². The van der Waals surface area contributed by atoms with Crippen molar-refractivity contribution in [2.75, 3.05) is 13.1 Å². The molecule has 0 bridgehead atoms. The molecule has 8 heteroatoms. The number of sulfonamides is 1. The van der Waals surface area contributed by atoms with Crippen molar-refractivity contribution in [2.24, 2.45) is 0 Å². The Hall–Kier alpha value is -0.400. The SMILES string of the molecule is CC1(O)CCN(S(=O)(=O)c2cnc(Cl)c(Cl)c2)C1. The van der Waals surface area contributed by atoms with E-state index in [-0.39, 0.29) is 28.2 Å². The number of aromatic nitrogens is 1. The third-order valence-electron chi connectivity index (χ3n) is 2.83. The summed E-state index contributed by atoms with van der Waals surface area (Å²) in [7, 11) is -3.68. The first kappa shape index (κ1) is 14.0. The molecular formula is C10H12Cl2N2O3S. The van der Waals surface area contributed by atoms with E-state index in [4.69, 9.17) is 23.2 Å². The highest BCUT2D eigenvalue weighted by Crippen LogP contribution is 2.29. The van der Waals surface area contributed by atoms with E-state index >= 15 is 0 Å². The minimum Gasteiger partial charge on any atom is -0.389 e. The summed E-state index contributed by atoms with van der Waals surface area (Å²) in [5, 5.41) is 9.95. The summed E-state index contributed by atoms with van der Waals surface area (Å²) in [5.74, 6) is 0. The number of hydrogen-bond donors (Lipinski definition) is 1. The Labute approximate surface area is 115 Å². The summed E-state index contributed by atoms with van der Waals surface area (Å²) in [5.41, 5.74) is -0.989. The Morgan fingerprint density at radius 2 is 2.17 bits per heavy atom. The van der Waals surface area contributed by atoms with E-state index < -0.39 is 15.6 Å². The molecule has 5 nitrogen and oxygen atoms in total. The van der Waals surface area contributed by atoms with Crippen molar-refractivity contribution in [3.8, 4) is 0 Å². The van der Waals surface area contributed by atoms with Gasteiger partial charge in [-0.2, -0.15) is 4.31 Å². The van der Waals surface area contributed by atoms with Gasteiger partial charge in [0.1, 0.15) is 10.0 Å². The molecule has 1 unspecified atom stereocenters. The van der Waals surface area contributed by atoms with Gasteiger partial charge in [-0.25, -0.2) is 13.4 Å².